The van der Waals surface area contributed by atoms with Gasteiger partial charge in [0, 0.05) is 24.7 Å². The van der Waals surface area contributed by atoms with E-state index in [0.717, 1.165) is 43.1 Å². The van der Waals surface area contributed by atoms with Crippen LogP contribution in [0.15, 0.2) is 36.4 Å². The summed E-state index contributed by atoms with van der Waals surface area (Å²) in [5.74, 6) is 1.90. The van der Waals surface area contributed by atoms with E-state index >= 15 is 0 Å². The number of halogens is 1. The molecule has 0 radical (unpaired) electrons. The van der Waals surface area contributed by atoms with Gasteiger partial charge in [-0.05, 0) is 48.2 Å². The Hall–Kier alpha value is -1.95. The fraction of sp³-hybridized carbons (Fsp3) is 0.455. The molecule has 1 fully saturated rings. The quantitative estimate of drug-likeness (QED) is 0.644. The van der Waals surface area contributed by atoms with Gasteiger partial charge < -0.3 is 18.9 Å². The lowest BCUT2D eigenvalue weighted by atomic mass is 10.1. The maximum atomic E-state index is 6.16. The zero-order chi connectivity index (χ0) is 19.9. The fourth-order valence-electron chi connectivity index (χ4n) is 3.51. The molecule has 2 aromatic carbocycles. The first-order valence-electron chi connectivity index (χ1n) is 9.50. The van der Waals surface area contributed by atoms with Crippen LogP contribution in [0.25, 0.3) is 0 Å². The maximum Gasteiger partial charge on any atom is 0.203 e. The van der Waals surface area contributed by atoms with Crippen LogP contribution in [0.4, 0.5) is 0 Å². The number of benzene rings is 2. The summed E-state index contributed by atoms with van der Waals surface area (Å²) in [7, 11) is 4.85. The second-order valence-electron chi connectivity index (χ2n) is 6.95. The summed E-state index contributed by atoms with van der Waals surface area (Å²) in [4.78, 5) is 2.46. The number of piperidine rings is 1. The molecule has 0 amide bonds. The molecule has 0 spiro atoms. The number of methoxy groups -OCH3 is 3. The van der Waals surface area contributed by atoms with Gasteiger partial charge in [0.05, 0.1) is 34.0 Å². The molecule has 1 heterocycles. The Morgan fingerprint density at radius 2 is 1.50 bits per heavy atom. The number of hydrogen-bond acceptors (Lipinski definition) is 5. The molecule has 5 nitrogen and oxygen atoms in total. The summed E-state index contributed by atoms with van der Waals surface area (Å²) >= 11 is 5.96. The molecule has 0 bridgehead atoms. The Labute approximate surface area is 172 Å². The summed E-state index contributed by atoms with van der Waals surface area (Å²) in [5.41, 5.74) is 2.30. The minimum absolute atomic E-state index is 0.264. The number of rotatable bonds is 8. The van der Waals surface area contributed by atoms with E-state index < -0.39 is 0 Å². The zero-order valence-corrected chi connectivity index (χ0v) is 17.5. The summed E-state index contributed by atoms with van der Waals surface area (Å²) in [6.45, 7) is 3.54. The van der Waals surface area contributed by atoms with Gasteiger partial charge >= 0.3 is 0 Å². The molecule has 152 valence electrons. The molecule has 2 aromatic rings. The fourth-order valence-corrected chi connectivity index (χ4v) is 3.64. The molecule has 1 saturated heterocycles. The van der Waals surface area contributed by atoms with E-state index in [4.69, 9.17) is 30.5 Å². The minimum Gasteiger partial charge on any atom is -0.493 e. The lowest BCUT2D eigenvalue weighted by Gasteiger charge is -2.32. The highest BCUT2D eigenvalue weighted by molar-refractivity contribution is 6.30. The summed E-state index contributed by atoms with van der Waals surface area (Å²) in [6, 6.07) is 12.0. The van der Waals surface area contributed by atoms with Gasteiger partial charge in [0.2, 0.25) is 5.75 Å². The van der Waals surface area contributed by atoms with Crippen LogP contribution in [0.5, 0.6) is 17.2 Å². The van der Waals surface area contributed by atoms with Crippen LogP contribution in [0.3, 0.4) is 0 Å². The predicted octanol–water partition coefficient (Wildman–Crippen LogP) is 4.55. The van der Waals surface area contributed by atoms with E-state index in [2.05, 4.69) is 17.0 Å². The Morgan fingerprint density at radius 1 is 0.893 bits per heavy atom. The average molecular weight is 406 g/mol. The van der Waals surface area contributed by atoms with Crippen molar-refractivity contribution in [3.8, 4) is 17.2 Å². The van der Waals surface area contributed by atoms with Crippen LogP contribution in [0, 0.1) is 0 Å². The third-order valence-corrected chi connectivity index (χ3v) is 5.32. The van der Waals surface area contributed by atoms with E-state index in [1.54, 1.807) is 21.3 Å². The van der Waals surface area contributed by atoms with Crippen LogP contribution < -0.4 is 14.2 Å². The first kappa shape index (κ1) is 20.8. The van der Waals surface area contributed by atoms with Gasteiger partial charge in [-0.25, -0.2) is 0 Å². The van der Waals surface area contributed by atoms with E-state index in [1.807, 2.05) is 24.3 Å². The Morgan fingerprint density at radius 3 is 2.04 bits per heavy atom. The van der Waals surface area contributed by atoms with Gasteiger partial charge in [-0.1, -0.05) is 23.7 Å². The van der Waals surface area contributed by atoms with Crippen molar-refractivity contribution in [3.63, 3.8) is 0 Å². The summed E-state index contributed by atoms with van der Waals surface area (Å²) in [5, 5.41) is 0.780. The Kier molecular flexibility index (Phi) is 7.43. The second kappa shape index (κ2) is 10.0. The first-order chi connectivity index (χ1) is 13.6. The highest BCUT2D eigenvalue weighted by Crippen LogP contribution is 2.38. The largest absolute Gasteiger partial charge is 0.493 e. The molecule has 1 aliphatic heterocycles. The lowest BCUT2D eigenvalue weighted by Crippen LogP contribution is -2.36. The van der Waals surface area contributed by atoms with Gasteiger partial charge in [0.25, 0.3) is 0 Å². The summed E-state index contributed by atoms with van der Waals surface area (Å²) in [6.07, 6.45) is 2.32. The maximum absolute atomic E-state index is 6.16. The molecule has 0 unspecified atom stereocenters. The van der Waals surface area contributed by atoms with Gasteiger partial charge in [-0.15, -0.1) is 0 Å². The molecule has 28 heavy (non-hydrogen) atoms. The highest BCUT2D eigenvalue weighted by atomic mass is 35.5. The molecule has 3 rings (SSSR count). The molecule has 0 saturated carbocycles. The van der Waals surface area contributed by atoms with E-state index in [0.29, 0.717) is 23.9 Å². The zero-order valence-electron chi connectivity index (χ0n) is 16.7. The van der Waals surface area contributed by atoms with Crippen molar-refractivity contribution in [2.45, 2.75) is 32.1 Å². The molecule has 0 N–H and O–H groups in total. The number of likely N-dealkylation sites (tertiary alicyclic amines) is 1. The molecule has 1 aliphatic rings. The van der Waals surface area contributed by atoms with Gasteiger partial charge in [0.15, 0.2) is 11.5 Å². The molecule has 0 aromatic heterocycles. The van der Waals surface area contributed by atoms with Crippen molar-refractivity contribution in [1.29, 1.82) is 0 Å². The Balaban J connectivity index is 1.50. The SMILES string of the molecule is COc1cc(COC2CCN(Cc3ccc(Cl)cc3)CC2)cc(OC)c1OC. The van der Waals surface area contributed by atoms with E-state index in [-0.39, 0.29) is 6.10 Å². The molecular weight excluding hydrogens is 378 g/mol. The average Bonchev–Trinajstić information content (AvgIpc) is 2.74. The monoisotopic (exact) mass is 405 g/mol. The van der Waals surface area contributed by atoms with Gasteiger partial charge in [-0.3, -0.25) is 4.90 Å². The molecule has 6 heteroatoms. The molecule has 0 atom stereocenters. The van der Waals surface area contributed by atoms with Crippen molar-refractivity contribution in [1.82, 2.24) is 4.90 Å². The van der Waals surface area contributed by atoms with E-state index in [1.165, 1.54) is 5.56 Å². The van der Waals surface area contributed by atoms with Crippen molar-refractivity contribution in [2.24, 2.45) is 0 Å². The van der Waals surface area contributed by atoms with Crippen LogP contribution >= 0.6 is 11.6 Å². The van der Waals surface area contributed by atoms with E-state index in [9.17, 15) is 0 Å². The number of hydrogen-bond donors (Lipinski definition) is 0. The number of nitrogens with zero attached hydrogens (tertiary/aromatic N) is 1. The van der Waals surface area contributed by atoms with Crippen molar-refractivity contribution in [3.05, 3.63) is 52.5 Å². The normalized spacial score (nSPS) is 15.4. The minimum atomic E-state index is 0.264. The third-order valence-electron chi connectivity index (χ3n) is 5.06. The highest BCUT2D eigenvalue weighted by Gasteiger charge is 2.20. The van der Waals surface area contributed by atoms with Crippen molar-refractivity contribution >= 4 is 11.6 Å². The van der Waals surface area contributed by atoms with Crippen LogP contribution in [0.1, 0.15) is 24.0 Å². The van der Waals surface area contributed by atoms with Gasteiger partial charge in [-0.2, -0.15) is 0 Å². The van der Waals surface area contributed by atoms with Crippen LogP contribution in [0.2, 0.25) is 5.02 Å². The van der Waals surface area contributed by atoms with Gasteiger partial charge in [0.1, 0.15) is 0 Å². The second-order valence-corrected chi connectivity index (χ2v) is 7.38. The topological polar surface area (TPSA) is 40.2 Å². The first-order valence-corrected chi connectivity index (χ1v) is 9.88. The summed E-state index contributed by atoms with van der Waals surface area (Å²) < 4.78 is 22.4. The van der Waals surface area contributed by atoms with Crippen molar-refractivity contribution in [2.75, 3.05) is 34.4 Å². The van der Waals surface area contributed by atoms with Crippen LogP contribution in [-0.4, -0.2) is 45.4 Å². The number of ether oxygens (including phenoxy) is 4. The molecular formula is C22H28ClNO4. The molecule has 0 aliphatic carbocycles. The van der Waals surface area contributed by atoms with Crippen LogP contribution in [-0.2, 0) is 17.9 Å². The standard InChI is InChI=1S/C22H28ClNO4/c1-25-20-12-17(13-21(26-2)22(20)27-3)15-28-19-8-10-24(11-9-19)14-16-4-6-18(23)7-5-16/h4-7,12-13,19H,8-11,14-15H2,1-3H3. The smallest absolute Gasteiger partial charge is 0.203 e. The lowest BCUT2D eigenvalue weighted by molar-refractivity contribution is -0.00406. The van der Waals surface area contributed by atoms with Crippen molar-refractivity contribution < 1.29 is 18.9 Å². The third kappa shape index (κ3) is 5.31. The Bertz CT molecular complexity index is 733. The predicted molar refractivity (Wildman–Crippen MR) is 111 cm³/mol.